The number of carboxylic acids is 2. The Hall–Kier alpha value is -1.32. The molecule has 0 saturated heterocycles. The molecule has 0 saturated carbocycles. The molecule has 0 heterocycles. The van der Waals surface area contributed by atoms with Crippen molar-refractivity contribution in [2.75, 3.05) is 0 Å². The first-order chi connectivity index (χ1) is 8.59. The number of allylic oxidation sites excluding steroid dienone is 2. The van der Waals surface area contributed by atoms with Crippen LogP contribution in [0.2, 0.25) is 0 Å². The molecule has 0 aromatic heterocycles. The molecule has 0 atom stereocenters. The number of unbranched alkanes of at least 4 members (excludes halogenated alkanes) is 5. The zero-order valence-electron chi connectivity index (χ0n) is 11.1. The highest BCUT2D eigenvalue weighted by Crippen LogP contribution is 2.13. The summed E-state index contributed by atoms with van der Waals surface area (Å²) in [6.07, 6.45) is 11.7. The maximum Gasteiger partial charge on any atom is 0.317 e. The van der Waals surface area contributed by atoms with Gasteiger partial charge in [-0.2, -0.15) is 0 Å². The first-order valence-electron chi connectivity index (χ1n) is 6.70. The van der Waals surface area contributed by atoms with Crippen LogP contribution in [0.5, 0.6) is 0 Å². The maximum absolute atomic E-state index is 10.6. The largest absolute Gasteiger partial charge is 0.481 e. The second kappa shape index (κ2) is 10.8. The zero-order chi connectivity index (χ0) is 13.8. The van der Waals surface area contributed by atoms with Gasteiger partial charge in [0, 0.05) is 0 Å². The Morgan fingerprint density at radius 3 is 2.06 bits per heavy atom. The lowest BCUT2D eigenvalue weighted by Crippen LogP contribution is -2.23. The normalized spacial score (nSPS) is 11.2. The number of hydrogen-bond donors (Lipinski definition) is 2. The van der Waals surface area contributed by atoms with E-state index in [0.717, 1.165) is 38.5 Å². The average molecular weight is 256 g/mol. The third-order valence-corrected chi connectivity index (χ3v) is 2.86. The van der Waals surface area contributed by atoms with Crippen LogP contribution in [-0.4, -0.2) is 22.2 Å². The van der Waals surface area contributed by atoms with E-state index >= 15 is 0 Å². The second-order valence-corrected chi connectivity index (χ2v) is 4.45. The quantitative estimate of drug-likeness (QED) is 0.337. The van der Waals surface area contributed by atoms with Gasteiger partial charge >= 0.3 is 11.9 Å². The monoisotopic (exact) mass is 256 g/mol. The van der Waals surface area contributed by atoms with Crippen LogP contribution in [0.4, 0.5) is 0 Å². The van der Waals surface area contributed by atoms with Gasteiger partial charge in [0.15, 0.2) is 5.92 Å². The van der Waals surface area contributed by atoms with E-state index in [0.29, 0.717) is 6.42 Å². The summed E-state index contributed by atoms with van der Waals surface area (Å²) in [5.74, 6) is -3.70. The number of carbonyl (C=O) groups is 2. The fourth-order valence-corrected chi connectivity index (χ4v) is 1.78. The highest BCUT2D eigenvalue weighted by Gasteiger charge is 2.24. The summed E-state index contributed by atoms with van der Waals surface area (Å²) in [5, 5.41) is 17.4. The lowest BCUT2D eigenvalue weighted by atomic mass is 10.0. The molecule has 18 heavy (non-hydrogen) atoms. The predicted octanol–water partition coefficient (Wildman–Crippen LogP) is 3.47. The van der Waals surface area contributed by atoms with E-state index < -0.39 is 17.9 Å². The molecule has 0 bridgehead atoms. The van der Waals surface area contributed by atoms with Crippen molar-refractivity contribution < 1.29 is 19.8 Å². The number of rotatable bonds is 11. The topological polar surface area (TPSA) is 74.6 Å². The second-order valence-electron chi connectivity index (χ2n) is 4.45. The Morgan fingerprint density at radius 1 is 0.944 bits per heavy atom. The molecule has 0 radical (unpaired) electrons. The van der Waals surface area contributed by atoms with Gasteiger partial charge in [-0.1, -0.05) is 44.8 Å². The Kier molecular flexibility index (Phi) is 10.0. The molecule has 0 aromatic rings. The van der Waals surface area contributed by atoms with Gasteiger partial charge < -0.3 is 10.2 Å². The van der Waals surface area contributed by atoms with Crippen LogP contribution in [0.3, 0.4) is 0 Å². The number of aliphatic carboxylic acids is 2. The first kappa shape index (κ1) is 16.7. The minimum atomic E-state index is -1.24. The zero-order valence-corrected chi connectivity index (χ0v) is 11.1. The Labute approximate surface area is 109 Å². The molecule has 0 unspecified atom stereocenters. The lowest BCUT2D eigenvalue weighted by Gasteiger charge is -2.06. The molecule has 0 aliphatic heterocycles. The lowest BCUT2D eigenvalue weighted by molar-refractivity contribution is -0.154. The summed E-state index contributed by atoms with van der Waals surface area (Å²) >= 11 is 0. The van der Waals surface area contributed by atoms with Crippen molar-refractivity contribution in [3.63, 3.8) is 0 Å². The summed E-state index contributed by atoms with van der Waals surface area (Å²) < 4.78 is 0. The maximum atomic E-state index is 10.6. The van der Waals surface area contributed by atoms with Gasteiger partial charge in [0.05, 0.1) is 0 Å². The number of carboxylic acid groups (broad SMARTS) is 2. The Morgan fingerprint density at radius 2 is 1.50 bits per heavy atom. The SMILES string of the molecule is CC/C=C\CCCCCCCC(C(=O)O)C(=O)O. The minimum absolute atomic E-state index is 0.237. The van der Waals surface area contributed by atoms with Crippen LogP contribution in [0.15, 0.2) is 12.2 Å². The van der Waals surface area contributed by atoms with Crippen LogP contribution in [-0.2, 0) is 9.59 Å². The predicted molar refractivity (Wildman–Crippen MR) is 70.5 cm³/mol. The van der Waals surface area contributed by atoms with E-state index in [1.54, 1.807) is 0 Å². The molecule has 0 aliphatic rings. The average Bonchev–Trinajstić information content (AvgIpc) is 2.30. The highest BCUT2D eigenvalue weighted by atomic mass is 16.4. The molecule has 0 spiro atoms. The van der Waals surface area contributed by atoms with Crippen molar-refractivity contribution in [2.24, 2.45) is 5.92 Å². The molecule has 4 heteroatoms. The standard InChI is InChI=1S/C14H24O4/c1-2-3-4-5-6-7-8-9-10-11-12(13(15)16)14(17)18/h3-4,12H,2,5-11H2,1H3,(H,15,16)(H,17,18)/b4-3-. The fourth-order valence-electron chi connectivity index (χ4n) is 1.78. The third kappa shape index (κ3) is 8.79. The highest BCUT2D eigenvalue weighted by molar-refractivity contribution is 5.92. The van der Waals surface area contributed by atoms with E-state index in [2.05, 4.69) is 19.1 Å². The molecule has 0 aromatic carbocycles. The smallest absolute Gasteiger partial charge is 0.317 e. The number of hydrogen-bond acceptors (Lipinski definition) is 2. The summed E-state index contributed by atoms with van der Waals surface area (Å²) in [7, 11) is 0. The van der Waals surface area contributed by atoms with Crippen LogP contribution >= 0.6 is 0 Å². The van der Waals surface area contributed by atoms with Crippen LogP contribution in [0, 0.1) is 5.92 Å². The Bertz CT molecular complexity index is 257. The van der Waals surface area contributed by atoms with Gasteiger partial charge in [0.25, 0.3) is 0 Å². The fraction of sp³-hybridized carbons (Fsp3) is 0.714. The van der Waals surface area contributed by atoms with E-state index in [1.165, 1.54) is 0 Å². The van der Waals surface area contributed by atoms with Gasteiger partial charge in [-0.3, -0.25) is 9.59 Å². The molecular formula is C14H24O4. The van der Waals surface area contributed by atoms with Gasteiger partial charge in [0.2, 0.25) is 0 Å². The molecule has 104 valence electrons. The molecule has 0 amide bonds. The summed E-state index contributed by atoms with van der Waals surface area (Å²) in [6, 6.07) is 0. The van der Waals surface area contributed by atoms with Gasteiger partial charge in [0.1, 0.15) is 0 Å². The third-order valence-electron chi connectivity index (χ3n) is 2.86. The van der Waals surface area contributed by atoms with Crippen LogP contribution in [0.1, 0.15) is 58.3 Å². The van der Waals surface area contributed by atoms with Crippen molar-refractivity contribution in [3.05, 3.63) is 12.2 Å². The minimum Gasteiger partial charge on any atom is -0.481 e. The van der Waals surface area contributed by atoms with E-state index in [1.807, 2.05) is 0 Å². The summed E-state index contributed by atoms with van der Waals surface area (Å²) in [6.45, 7) is 2.11. The Balaban J connectivity index is 3.47. The summed E-state index contributed by atoms with van der Waals surface area (Å²) in [5.41, 5.74) is 0. The molecule has 0 aliphatic carbocycles. The van der Waals surface area contributed by atoms with Crippen LogP contribution < -0.4 is 0 Å². The molecule has 4 nitrogen and oxygen atoms in total. The van der Waals surface area contributed by atoms with Crippen molar-refractivity contribution in [1.29, 1.82) is 0 Å². The molecular weight excluding hydrogens is 232 g/mol. The van der Waals surface area contributed by atoms with Gasteiger partial charge in [-0.05, 0) is 25.7 Å². The van der Waals surface area contributed by atoms with Crippen molar-refractivity contribution in [2.45, 2.75) is 58.3 Å². The molecule has 0 rings (SSSR count). The van der Waals surface area contributed by atoms with E-state index in [9.17, 15) is 9.59 Å². The first-order valence-corrected chi connectivity index (χ1v) is 6.70. The van der Waals surface area contributed by atoms with Crippen LogP contribution in [0.25, 0.3) is 0 Å². The van der Waals surface area contributed by atoms with E-state index in [-0.39, 0.29) is 6.42 Å². The van der Waals surface area contributed by atoms with E-state index in [4.69, 9.17) is 10.2 Å². The van der Waals surface area contributed by atoms with Crippen molar-refractivity contribution >= 4 is 11.9 Å². The van der Waals surface area contributed by atoms with Crippen molar-refractivity contribution in [3.8, 4) is 0 Å². The summed E-state index contributed by atoms with van der Waals surface area (Å²) in [4.78, 5) is 21.2. The molecule has 2 N–H and O–H groups in total. The molecule has 0 fully saturated rings. The van der Waals surface area contributed by atoms with Gasteiger partial charge in [-0.15, -0.1) is 0 Å². The van der Waals surface area contributed by atoms with Crippen molar-refractivity contribution in [1.82, 2.24) is 0 Å². The van der Waals surface area contributed by atoms with Gasteiger partial charge in [-0.25, -0.2) is 0 Å².